The standard InChI is InChI=1S/C16H24FNO2S/c1-3-18-15(16-6-4-5-9-21(16,19)20)11-13-7-8-14(17)10-12(13)2/h7-8,10,15-16,18H,3-6,9,11H2,1-2H3. The molecule has 2 unspecified atom stereocenters. The number of sulfone groups is 1. The molecular formula is C16H24FNO2S. The van der Waals surface area contributed by atoms with Gasteiger partial charge in [-0.25, -0.2) is 12.8 Å². The van der Waals surface area contributed by atoms with Crippen molar-refractivity contribution in [2.75, 3.05) is 12.3 Å². The molecule has 1 aliphatic heterocycles. The van der Waals surface area contributed by atoms with Gasteiger partial charge >= 0.3 is 0 Å². The molecule has 1 aromatic rings. The van der Waals surface area contributed by atoms with Gasteiger partial charge in [-0.2, -0.15) is 0 Å². The van der Waals surface area contributed by atoms with E-state index in [9.17, 15) is 12.8 Å². The van der Waals surface area contributed by atoms with Crippen LogP contribution in [0.2, 0.25) is 0 Å². The fourth-order valence-corrected chi connectivity index (χ4v) is 5.28. The molecule has 0 bridgehead atoms. The van der Waals surface area contributed by atoms with E-state index in [4.69, 9.17) is 0 Å². The zero-order valence-electron chi connectivity index (χ0n) is 12.7. The predicted octanol–water partition coefficient (Wildman–Crippen LogP) is 2.62. The van der Waals surface area contributed by atoms with Crippen molar-refractivity contribution in [2.24, 2.45) is 0 Å². The molecule has 1 aliphatic rings. The maximum absolute atomic E-state index is 13.2. The first-order valence-corrected chi connectivity index (χ1v) is 9.35. The van der Waals surface area contributed by atoms with Gasteiger partial charge in [-0.15, -0.1) is 0 Å². The zero-order chi connectivity index (χ0) is 15.5. The molecular weight excluding hydrogens is 289 g/mol. The molecule has 1 heterocycles. The lowest BCUT2D eigenvalue weighted by Gasteiger charge is -2.31. The highest BCUT2D eigenvalue weighted by Crippen LogP contribution is 2.25. The van der Waals surface area contributed by atoms with Crippen LogP contribution in [0.1, 0.15) is 37.3 Å². The normalized spacial score (nSPS) is 22.9. The lowest BCUT2D eigenvalue weighted by atomic mass is 9.96. The minimum atomic E-state index is -3.02. The van der Waals surface area contributed by atoms with Crippen molar-refractivity contribution < 1.29 is 12.8 Å². The number of halogens is 1. The monoisotopic (exact) mass is 313 g/mol. The van der Waals surface area contributed by atoms with Crippen molar-refractivity contribution in [3.05, 3.63) is 35.1 Å². The second-order valence-corrected chi connectivity index (χ2v) is 8.18. The summed E-state index contributed by atoms with van der Waals surface area (Å²) < 4.78 is 37.9. The molecule has 0 spiro atoms. The van der Waals surface area contributed by atoms with Gasteiger partial charge < -0.3 is 5.32 Å². The molecule has 118 valence electrons. The first-order valence-electron chi connectivity index (χ1n) is 7.64. The highest BCUT2D eigenvalue weighted by atomic mass is 32.2. The number of aryl methyl sites for hydroxylation is 1. The second-order valence-electron chi connectivity index (χ2n) is 5.84. The Bertz CT molecular complexity index is 586. The Kier molecular flexibility index (Phi) is 5.38. The first kappa shape index (κ1) is 16.4. The largest absolute Gasteiger partial charge is 0.313 e. The van der Waals surface area contributed by atoms with Crippen LogP contribution in [0.5, 0.6) is 0 Å². The molecule has 3 nitrogen and oxygen atoms in total. The summed E-state index contributed by atoms with van der Waals surface area (Å²) in [6.07, 6.45) is 3.09. The van der Waals surface area contributed by atoms with Gasteiger partial charge in [0.25, 0.3) is 0 Å². The predicted molar refractivity (Wildman–Crippen MR) is 83.7 cm³/mol. The van der Waals surface area contributed by atoms with E-state index in [1.807, 2.05) is 13.8 Å². The number of benzene rings is 1. The molecule has 0 saturated carbocycles. The maximum Gasteiger partial charge on any atom is 0.154 e. The molecule has 0 amide bonds. The van der Waals surface area contributed by atoms with Crippen LogP contribution < -0.4 is 5.32 Å². The number of nitrogens with one attached hydrogen (secondary N) is 1. The Morgan fingerprint density at radius 2 is 2.14 bits per heavy atom. The Balaban J connectivity index is 2.22. The smallest absolute Gasteiger partial charge is 0.154 e. The molecule has 2 rings (SSSR count). The average Bonchev–Trinajstić information content (AvgIpc) is 2.41. The van der Waals surface area contributed by atoms with Crippen LogP contribution in [0, 0.1) is 12.7 Å². The van der Waals surface area contributed by atoms with Crippen molar-refractivity contribution in [1.82, 2.24) is 5.32 Å². The number of likely N-dealkylation sites (N-methyl/N-ethyl adjacent to an activating group) is 1. The van der Waals surface area contributed by atoms with E-state index in [1.54, 1.807) is 6.07 Å². The van der Waals surface area contributed by atoms with Crippen LogP contribution in [0.3, 0.4) is 0 Å². The third kappa shape index (κ3) is 4.04. The number of rotatable bonds is 5. The summed E-state index contributed by atoms with van der Waals surface area (Å²) in [5.41, 5.74) is 1.90. The summed E-state index contributed by atoms with van der Waals surface area (Å²) in [6.45, 7) is 4.59. The summed E-state index contributed by atoms with van der Waals surface area (Å²) in [5.74, 6) is 0.0450. The molecule has 5 heteroatoms. The van der Waals surface area contributed by atoms with Crippen molar-refractivity contribution >= 4 is 9.84 Å². The number of hydrogen-bond acceptors (Lipinski definition) is 3. The molecule has 0 aliphatic carbocycles. The third-order valence-corrected chi connectivity index (χ3v) is 6.63. The van der Waals surface area contributed by atoms with E-state index in [1.165, 1.54) is 12.1 Å². The highest BCUT2D eigenvalue weighted by molar-refractivity contribution is 7.92. The molecule has 0 aromatic heterocycles. The average molecular weight is 313 g/mol. The van der Waals surface area contributed by atoms with Crippen molar-refractivity contribution in [3.8, 4) is 0 Å². The lowest BCUT2D eigenvalue weighted by molar-refractivity contribution is 0.440. The summed E-state index contributed by atoms with van der Waals surface area (Å²) >= 11 is 0. The van der Waals surface area contributed by atoms with Crippen LogP contribution in [-0.2, 0) is 16.3 Å². The molecule has 1 fully saturated rings. The minimum Gasteiger partial charge on any atom is -0.313 e. The Morgan fingerprint density at radius 1 is 1.38 bits per heavy atom. The Morgan fingerprint density at radius 3 is 2.76 bits per heavy atom. The van der Waals surface area contributed by atoms with E-state index in [0.717, 1.165) is 36.9 Å². The summed E-state index contributed by atoms with van der Waals surface area (Å²) in [6, 6.07) is 4.63. The van der Waals surface area contributed by atoms with E-state index >= 15 is 0 Å². The van der Waals surface area contributed by atoms with Gasteiger partial charge in [0.05, 0.1) is 11.0 Å². The van der Waals surface area contributed by atoms with Crippen molar-refractivity contribution in [3.63, 3.8) is 0 Å². The van der Waals surface area contributed by atoms with Crippen LogP contribution in [0.25, 0.3) is 0 Å². The van der Waals surface area contributed by atoms with E-state index < -0.39 is 9.84 Å². The lowest BCUT2D eigenvalue weighted by Crippen LogP contribution is -2.48. The van der Waals surface area contributed by atoms with Crippen LogP contribution >= 0.6 is 0 Å². The summed E-state index contributed by atoms with van der Waals surface area (Å²) in [7, 11) is -3.02. The second kappa shape index (κ2) is 6.88. The molecule has 2 atom stereocenters. The van der Waals surface area contributed by atoms with Crippen molar-refractivity contribution in [2.45, 2.75) is 50.8 Å². The van der Waals surface area contributed by atoms with Crippen LogP contribution in [0.15, 0.2) is 18.2 Å². The minimum absolute atomic E-state index is 0.0931. The maximum atomic E-state index is 13.2. The van der Waals surface area contributed by atoms with Gasteiger partial charge in [-0.1, -0.05) is 19.4 Å². The number of hydrogen-bond donors (Lipinski definition) is 1. The zero-order valence-corrected chi connectivity index (χ0v) is 13.5. The van der Waals surface area contributed by atoms with Gasteiger partial charge in [-0.05, 0) is 56.0 Å². The van der Waals surface area contributed by atoms with Crippen molar-refractivity contribution in [1.29, 1.82) is 0 Å². The Labute approximate surface area is 126 Å². The SMILES string of the molecule is CCNC(Cc1ccc(F)cc1C)C1CCCCS1(=O)=O. The van der Waals surface area contributed by atoms with Crippen LogP contribution in [0.4, 0.5) is 4.39 Å². The quantitative estimate of drug-likeness (QED) is 0.909. The molecule has 1 N–H and O–H groups in total. The Hall–Kier alpha value is -0.940. The summed E-state index contributed by atoms with van der Waals surface area (Å²) in [4.78, 5) is 0. The van der Waals surface area contributed by atoms with Gasteiger partial charge in [-0.3, -0.25) is 0 Å². The van der Waals surface area contributed by atoms with E-state index in [0.29, 0.717) is 12.2 Å². The fraction of sp³-hybridized carbons (Fsp3) is 0.625. The third-order valence-electron chi connectivity index (χ3n) is 4.29. The first-order chi connectivity index (χ1) is 9.94. The van der Waals surface area contributed by atoms with Gasteiger partial charge in [0.1, 0.15) is 5.82 Å². The highest BCUT2D eigenvalue weighted by Gasteiger charge is 2.35. The molecule has 1 aromatic carbocycles. The van der Waals surface area contributed by atoms with Crippen LogP contribution in [-0.4, -0.2) is 32.0 Å². The molecule has 21 heavy (non-hydrogen) atoms. The van der Waals surface area contributed by atoms with E-state index in [2.05, 4.69) is 5.32 Å². The van der Waals surface area contributed by atoms with E-state index in [-0.39, 0.29) is 17.1 Å². The van der Waals surface area contributed by atoms with Gasteiger partial charge in [0.15, 0.2) is 9.84 Å². The van der Waals surface area contributed by atoms with Gasteiger partial charge in [0, 0.05) is 6.04 Å². The molecule has 1 saturated heterocycles. The fourth-order valence-electron chi connectivity index (χ4n) is 3.15. The summed E-state index contributed by atoms with van der Waals surface area (Å²) in [5, 5.41) is 3.00. The topological polar surface area (TPSA) is 46.2 Å². The van der Waals surface area contributed by atoms with Gasteiger partial charge in [0.2, 0.25) is 0 Å². The molecule has 0 radical (unpaired) electrons.